The quantitative estimate of drug-likeness (QED) is 0.0839. The molecule has 0 aliphatic heterocycles. The molecule has 0 fully saturated rings. The first-order chi connectivity index (χ1) is 25.3. The topological polar surface area (TPSA) is 51.6 Å². The third-order valence-corrected chi connectivity index (χ3v) is 8.53. The van der Waals surface area contributed by atoms with E-state index in [1.807, 2.05) is 73.2 Å². The Kier molecular flexibility index (Phi) is 18.8. The molecule has 0 aliphatic rings. The van der Waals surface area contributed by atoms with E-state index in [0.717, 1.165) is 57.9 Å². The second kappa shape index (κ2) is 23.9. The normalized spacial score (nSPS) is 10.5. The summed E-state index contributed by atoms with van der Waals surface area (Å²) in [6, 6.07) is 16.0. The third kappa shape index (κ3) is 18.0. The first kappa shape index (κ1) is 41.0. The van der Waals surface area contributed by atoms with Crippen LogP contribution in [0.1, 0.15) is 110 Å². The number of unbranched alkanes of at least 4 members (excludes halogenated alkanes) is 6. The van der Waals surface area contributed by atoms with Gasteiger partial charge in [-0.05, 0) is 98.5 Å². The van der Waals surface area contributed by atoms with Gasteiger partial charge in [-0.1, -0.05) is 108 Å². The molecule has 4 rings (SSSR count). The van der Waals surface area contributed by atoms with Crippen LogP contribution in [0.3, 0.4) is 0 Å². The van der Waals surface area contributed by atoms with E-state index in [2.05, 4.69) is 107 Å². The molecule has 4 aromatic heterocycles. The lowest BCUT2D eigenvalue weighted by atomic mass is 10.1. The van der Waals surface area contributed by atoms with Gasteiger partial charge in [-0.15, -0.1) is 12.0 Å². The monoisotopic (exact) mass is 700 g/mol. The second-order valence-electron chi connectivity index (χ2n) is 13.5. The summed E-state index contributed by atoms with van der Waals surface area (Å²) in [5.41, 5.74) is 11.0. The van der Waals surface area contributed by atoms with E-state index in [-0.39, 0.29) is 0 Å². The van der Waals surface area contributed by atoms with Gasteiger partial charge in [-0.2, -0.15) is 0 Å². The van der Waals surface area contributed by atoms with Crippen molar-refractivity contribution < 1.29 is 0 Å². The van der Waals surface area contributed by atoms with Crippen LogP contribution in [0.15, 0.2) is 85.5 Å². The Labute approximate surface area is 314 Å². The van der Waals surface area contributed by atoms with Gasteiger partial charge in [0, 0.05) is 58.4 Å². The van der Waals surface area contributed by atoms with Crippen molar-refractivity contribution in [1.29, 1.82) is 0 Å². The molecule has 0 saturated heterocycles. The van der Waals surface area contributed by atoms with Gasteiger partial charge in [0.1, 0.15) is 8.07 Å². The summed E-state index contributed by atoms with van der Waals surface area (Å²) in [6.07, 6.45) is 32.1. The van der Waals surface area contributed by atoms with E-state index in [4.69, 9.17) is 6.42 Å². The molecule has 4 nitrogen and oxygen atoms in total. The van der Waals surface area contributed by atoms with Gasteiger partial charge in [0.2, 0.25) is 0 Å². The lowest BCUT2D eigenvalue weighted by molar-refractivity contribution is 0.660. The van der Waals surface area contributed by atoms with Gasteiger partial charge in [-0.25, -0.2) is 0 Å². The van der Waals surface area contributed by atoms with Crippen molar-refractivity contribution in [3.05, 3.63) is 130 Å². The van der Waals surface area contributed by atoms with Crippen molar-refractivity contribution in [2.75, 3.05) is 0 Å². The summed E-state index contributed by atoms with van der Waals surface area (Å²) in [7, 11) is -1.35. The Morgan fingerprint density at radius 1 is 0.538 bits per heavy atom. The minimum absolute atomic E-state index is 0.777. The van der Waals surface area contributed by atoms with Crippen LogP contribution in [0.25, 0.3) is 12.2 Å². The summed E-state index contributed by atoms with van der Waals surface area (Å²) < 4.78 is 0. The zero-order valence-corrected chi connectivity index (χ0v) is 32.7. The van der Waals surface area contributed by atoms with E-state index in [0.29, 0.717) is 0 Å². The fraction of sp³-hybridized carbons (Fsp3) is 0.319. The Hall–Kier alpha value is -5.46. The predicted octanol–water partition coefficient (Wildman–Crippen LogP) is 10.5. The van der Waals surface area contributed by atoms with E-state index < -0.39 is 8.07 Å². The number of nitrogens with zero attached hydrogens (tertiary/aromatic N) is 4. The van der Waals surface area contributed by atoms with Gasteiger partial charge >= 0.3 is 0 Å². The van der Waals surface area contributed by atoms with Crippen LogP contribution >= 0.6 is 0 Å². The van der Waals surface area contributed by atoms with Crippen LogP contribution in [0.2, 0.25) is 19.6 Å². The maximum Gasteiger partial charge on any atom is 0.129 e. The Balaban J connectivity index is 0.000000284. The Morgan fingerprint density at radius 2 is 0.981 bits per heavy atom. The van der Waals surface area contributed by atoms with Crippen LogP contribution in [0, 0.1) is 47.5 Å². The molecule has 0 aromatic carbocycles. The smallest absolute Gasteiger partial charge is 0.129 e. The molecule has 4 heterocycles. The lowest BCUT2D eigenvalue weighted by Crippen LogP contribution is -2.16. The summed E-state index contributed by atoms with van der Waals surface area (Å²) in [5, 5.41) is 0. The molecular formula is C47H52N4Si. The van der Waals surface area contributed by atoms with Gasteiger partial charge < -0.3 is 0 Å². The third-order valence-electron chi connectivity index (χ3n) is 7.65. The number of hydrogen-bond donors (Lipinski definition) is 0. The standard InChI is InChI=1S/C25H30N2Si.C22H22N2/c1-5-6-7-8-12-24-16-14-22(20-26-24)11-9-10-13-25-17-15-23(21-27-25)18-19-28(2,3)4;1-3-5-6-7-11-21-16-14-20(18-24-21)10-8-9-12-22-15-13-19(4-2)17-23-22/h10,13-17,20-21H,5-8,12H2,1-4H3;2,9,12-18H,3,5-7,11H2,1H3/b13-10+;12-9+. The largest absolute Gasteiger partial charge is 0.260 e. The van der Waals surface area contributed by atoms with Crippen molar-refractivity contribution in [2.45, 2.75) is 97.7 Å². The number of terminal acetylenes is 1. The van der Waals surface area contributed by atoms with Crippen molar-refractivity contribution in [1.82, 2.24) is 19.9 Å². The molecular weight excluding hydrogens is 649 g/mol. The molecule has 0 atom stereocenters. The van der Waals surface area contributed by atoms with E-state index in [9.17, 15) is 0 Å². The Morgan fingerprint density at radius 3 is 1.37 bits per heavy atom. The summed E-state index contributed by atoms with van der Waals surface area (Å²) >= 11 is 0. The average Bonchev–Trinajstić information content (AvgIpc) is 3.16. The first-order valence-corrected chi connectivity index (χ1v) is 22.0. The minimum Gasteiger partial charge on any atom is -0.260 e. The number of rotatable bonds is 12. The minimum atomic E-state index is -1.35. The highest BCUT2D eigenvalue weighted by Crippen LogP contribution is 2.09. The molecule has 264 valence electrons. The van der Waals surface area contributed by atoms with E-state index in [1.54, 1.807) is 12.3 Å². The summed E-state index contributed by atoms with van der Waals surface area (Å²) in [5.74, 6) is 18.0. The van der Waals surface area contributed by atoms with Crippen LogP contribution in [0.5, 0.6) is 0 Å². The van der Waals surface area contributed by atoms with Crippen LogP contribution < -0.4 is 0 Å². The van der Waals surface area contributed by atoms with E-state index in [1.165, 1.54) is 51.4 Å². The molecule has 0 N–H and O–H groups in total. The zero-order chi connectivity index (χ0) is 37.3. The highest BCUT2D eigenvalue weighted by Gasteiger charge is 2.07. The lowest BCUT2D eigenvalue weighted by Gasteiger charge is -2.03. The SMILES string of the molecule is C#Cc1ccc(/C=C/C#Cc2ccc(CCCCCC)nc2)nc1.CCCCCCc1ccc(C#C/C=C/c2ccc(C#C[Si](C)(C)C)cn2)cn1. The number of aromatic nitrogens is 4. The van der Waals surface area contributed by atoms with Gasteiger partial charge in [-0.3, -0.25) is 19.9 Å². The highest BCUT2D eigenvalue weighted by molar-refractivity contribution is 6.83. The molecule has 0 radical (unpaired) electrons. The molecule has 0 aliphatic carbocycles. The molecule has 4 aromatic rings. The highest BCUT2D eigenvalue weighted by atomic mass is 28.3. The zero-order valence-electron chi connectivity index (χ0n) is 31.7. The molecule has 0 unspecified atom stereocenters. The van der Waals surface area contributed by atoms with Gasteiger partial charge in [0.15, 0.2) is 0 Å². The van der Waals surface area contributed by atoms with Crippen molar-refractivity contribution >= 4 is 20.2 Å². The molecule has 5 heteroatoms. The van der Waals surface area contributed by atoms with Gasteiger partial charge in [0.25, 0.3) is 0 Å². The average molecular weight is 701 g/mol. The Bertz CT molecular complexity index is 1920. The fourth-order valence-electron chi connectivity index (χ4n) is 4.69. The maximum absolute atomic E-state index is 5.30. The second-order valence-corrected chi connectivity index (χ2v) is 18.2. The predicted molar refractivity (Wildman–Crippen MR) is 223 cm³/mol. The number of aryl methyl sites for hydroxylation is 2. The number of pyridine rings is 4. The molecule has 0 amide bonds. The number of hydrogen-bond acceptors (Lipinski definition) is 4. The molecule has 0 spiro atoms. The fourth-order valence-corrected chi connectivity index (χ4v) is 5.21. The summed E-state index contributed by atoms with van der Waals surface area (Å²) in [4.78, 5) is 17.6. The van der Waals surface area contributed by atoms with Crippen molar-refractivity contribution in [2.24, 2.45) is 0 Å². The first-order valence-electron chi connectivity index (χ1n) is 18.5. The van der Waals surface area contributed by atoms with Crippen LogP contribution in [0.4, 0.5) is 0 Å². The van der Waals surface area contributed by atoms with Crippen molar-refractivity contribution in [3.8, 4) is 47.5 Å². The maximum atomic E-state index is 5.30. The van der Waals surface area contributed by atoms with E-state index >= 15 is 0 Å². The molecule has 0 saturated carbocycles. The van der Waals surface area contributed by atoms with Crippen LogP contribution in [-0.4, -0.2) is 28.0 Å². The molecule has 52 heavy (non-hydrogen) atoms. The van der Waals surface area contributed by atoms with Gasteiger partial charge in [0.05, 0.1) is 11.4 Å². The molecule has 0 bridgehead atoms. The number of allylic oxidation sites excluding steroid dienone is 2. The van der Waals surface area contributed by atoms with Crippen molar-refractivity contribution in [3.63, 3.8) is 0 Å². The summed E-state index contributed by atoms with van der Waals surface area (Å²) in [6.45, 7) is 11.2. The van der Waals surface area contributed by atoms with Crippen LogP contribution in [-0.2, 0) is 12.8 Å².